The van der Waals surface area contributed by atoms with Crippen molar-refractivity contribution < 1.29 is 13.6 Å². The predicted octanol–water partition coefficient (Wildman–Crippen LogP) is 3.12. The van der Waals surface area contributed by atoms with Crippen LogP contribution in [0.15, 0.2) is 12.1 Å². The zero-order chi connectivity index (χ0) is 14.9. The van der Waals surface area contributed by atoms with E-state index in [2.05, 4.69) is 19.2 Å². The summed E-state index contributed by atoms with van der Waals surface area (Å²) in [7, 11) is 1.44. The molecule has 110 valence electrons. The van der Waals surface area contributed by atoms with E-state index in [1.54, 1.807) is 4.90 Å². The maximum Gasteiger partial charge on any atom is 0.254 e. The van der Waals surface area contributed by atoms with Gasteiger partial charge in [0, 0.05) is 25.7 Å². The third kappa shape index (κ3) is 2.76. The summed E-state index contributed by atoms with van der Waals surface area (Å²) in [5.74, 6) is -0.814. The molecule has 0 aromatic heterocycles. The van der Waals surface area contributed by atoms with Gasteiger partial charge in [-0.3, -0.25) is 4.79 Å². The number of likely N-dealkylation sites (tertiary alicyclic amines) is 1. The number of nitrogens with zero attached hydrogens (tertiary/aromatic N) is 1. The van der Waals surface area contributed by atoms with Gasteiger partial charge in [-0.1, -0.05) is 13.8 Å². The van der Waals surface area contributed by atoms with Gasteiger partial charge in [0.25, 0.3) is 5.91 Å². The average Bonchev–Trinajstić information content (AvgIpc) is 2.40. The maximum atomic E-state index is 13.7. The Morgan fingerprint density at radius 2 is 1.85 bits per heavy atom. The molecular weight excluding hydrogens is 262 g/mol. The first kappa shape index (κ1) is 14.8. The van der Waals surface area contributed by atoms with Crippen LogP contribution in [-0.4, -0.2) is 30.9 Å². The highest BCUT2D eigenvalue weighted by Gasteiger charge is 2.27. The maximum absolute atomic E-state index is 13.7. The molecule has 1 fully saturated rings. The Morgan fingerprint density at radius 1 is 1.25 bits per heavy atom. The molecule has 2 rings (SSSR count). The molecular formula is C15H20F2N2O. The summed E-state index contributed by atoms with van der Waals surface area (Å²) < 4.78 is 27.4. The van der Waals surface area contributed by atoms with Crippen LogP contribution in [0.4, 0.5) is 14.5 Å². The van der Waals surface area contributed by atoms with Gasteiger partial charge in [0.05, 0.1) is 0 Å². The van der Waals surface area contributed by atoms with Crippen molar-refractivity contribution >= 4 is 11.6 Å². The van der Waals surface area contributed by atoms with Crippen molar-refractivity contribution in [2.45, 2.75) is 20.3 Å². The Morgan fingerprint density at radius 3 is 2.35 bits per heavy atom. The van der Waals surface area contributed by atoms with Crippen LogP contribution in [0.1, 0.15) is 30.6 Å². The minimum Gasteiger partial charge on any atom is -0.383 e. The molecule has 1 aromatic rings. The molecule has 1 aliphatic heterocycles. The molecule has 3 nitrogen and oxygen atoms in total. The molecule has 1 heterocycles. The minimum atomic E-state index is -0.741. The number of piperidine rings is 1. The van der Waals surface area contributed by atoms with Crippen molar-refractivity contribution in [2.24, 2.45) is 11.8 Å². The van der Waals surface area contributed by atoms with Crippen LogP contribution in [0.3, 0.4) is 0 Å². The molecule has 1 N–H and O–H groups in total. The fraction of sp³-hybridized carbons (Fsp3) is 0.533. The largest absolute Gasteiger partial charge is 0.383 e. The number of hydrogen-bond acceptors (Lipinski definition) is 2. The Labute approximate surface area is 118 Å². The topological polar surface area (TPSA) is 32.3 Å². The van der Waals surface area contributed by atoms with Gasteiger partial charge in [-0.05, 0) is 30.4 Å². The molecule has 5 heteroatoms. The van der Waals surface area contributed by atoms with Crippen LogP contribution < -0.4 is 5.32 Å². The highest BCUT2D eigenvalue weighted by molar-refractivity contribution is 5.94. The SMILES string of the molecule is CNc1c(F)cc(C(=O)N2CCC(C)C(C)C2)cc1F. The van der Waals surface area contributed by atoms with Gasteiger partial charge in [0.15, 0.2) is 0 Å². The lowest BCUT2D eigenvalue weighted by molar-refractivity contribution is 0.0626. The molecule has 0 saturated carbocycles. The Balaban J connectivity index is 2.21. The summed E-state index contributed by atoms with van der Waals surface area (Å²) in [4.78, 5) is 14.0. The number of carbonyl (C=O) groups excluding carboxylic acids is 1. The van der Waals surface area contributed by atoms with Crippen LogP contribution in [0.5, 0.6) is 0 Å². The second-order valence-electron chi connectivity index (χ2n) is 5.56. The lowest BCUT2D eigenvalue weighted by Crippen LogP contribution is -2.42. The molecule has 20 heavy (non-hydrogen) atoms. The summed E-state index contributed by atoms with van der Waals surface area (Å²) >= 11 is 0. The molecule has 1 aliphatic rings. The van der Waals surface area contributed by atoms with Crippen LogP contribution in [0.25, 0.3) is 0 Å². The summed E-state index contributed by atoms with van der Waals surface area (Å²) in [6, 6.07) is 2.19. The average molecular weight is 282 g/mol. The lowest BCUT2D eigenvalue weighted by Gasteiger charge is -2.35. The van der Waals surface area contributed by atoms with E-state index in [-0.39, 0.29) is 17.2 Å². The number of carbonyl (C=O) groups is 1. The normalized spacial score (nSPS) is 22.8. The minimum absolute atomic E-state index is 0.0701. The van der Waals surface area contributed by atoms with Crippen molar-refractivity contribution in [3.63, 3.8) is 0 Å². The van der Waals surface area contributed by atoms with Crippen molar-refractivity contribution in [1.82, 2.24) is 4.90 Å². The second kappa shape index (κ2) is 5.77. The summed E-state index contributed by atoms with van der Waals surface area (Å²) in [6.45, 7) is 5.53. The van der Waals surface area contributed by atoms with E-state index in [4.69, 9.17) is 0 Å². The van der Waals surface area contributed by atoms with Gasteiger partial charge >= 0.3 is 0 Å². The monoisotopic (exact) mass is 282 g/mol. The number of anilines is 1. The van der Waals surface area contributed by atoms with E-state index in [0.29, 0.717) is 24.9 Å². The molecule has 0 radical (unpaired) electrons. The van der Waals surface area contributed by atoms with Gasteiger partial charge in [0.1, 0.15) is 17.3 Å². The van der Waals surface area contributed by atoms with Gasteiger partial charge in [0.2, 0.25) is 0 Å². The third-order valence-corrected chi connectivity index (χ3v) is 4.16. The summed E-state index contributed by atoms with van der Waals surface area (Å²) in [5, 5.41) is 2.45. The molecule has 1 aromatic carbocycles. The standard InChI is InChI=1S/C15H20F2N2O/c1-9-4-5-19(8-10(9)2)15(20)11-6-12(16)14(18-3)13(17)7-11/h6-7,9-10,18H,4-5,8H2,1-3H3. The number of nitrogens with one attached hydrogen (secondary N) is 1. The van der Waals surface area contributed by atoms with Gasteiger partial charge in [-0.2, -0.15) is 0 Å². The first-order valence-electron chi connectivity index (χ1n) is 6.90. The Hall–Kier alpha value is -1.65. The van der Waals surface area contributed by atoms with Crippen LogP contribution in [0.2, 0.25) is 0 Å². The summed E-state index contributed by atoms with van der Waals surface area (Å²) in [6.07, 6.45) is 0.923. The second-order valence-corrected chi connectivity index (χ2v) is 5.56. The first-order valence-corrected chi connectivity index (χ1v) is 6.90. The Bertz CT molecular complexity index is 496. The first-order chi connectivity index (χ1) is 9.43. The van der Waals surface area contributed by atoms with Crippen molar-refractivity contribution in [3.05, 3.63) is 29.3 Å². The fourth-order valence-electron chi connectivity index (χ4n) is 2.57. The van der Waals surface area contributed by atoms with Crippen molar-refractivity contribution in [3.8, 4) is 0 Å². The van der Waals surface area contributed by atoms with Gasteiger partial charge in [-0.25, -0.2) is 8.78 Å². The predicted molar refractivity (Wildman–Crippen MR) is 74.8 cm³/mol. The van der Waals surface area contributed by atoms with E-state index in [1.807, 2.05) is 0 Å². The Kier molecular flexibility index (Phi) is 4.26. The zero-order valence-corrected chi connectivity index (χ0v) is 12.0. The van der Waals surface area contributed by atoms with Crippen molar-refractivity contribution in [1.29, 1.82) is 0 Å². The molecule has 0 spiro atoms. The van der Waals surface area contributed by atoms with E-state index in [1.165, 1.54) is 7.05 Å². The van der Waals surface area contributed by atoms with Crippen molar-refractivity contribution in [2.75, 3.05) is 25.5 Å². The molecule has 0 aliphatic carbocycles. The van der Waals surface area contributed by atoms with Gasteiger partial charge in [-0.15, -0.1) is 0 Å². The van der Waals surface area contributed by atoms with E-state index in [0.717, 1.165) is 18.6 Å². The highest BCUT2D eigenvalue weighted by Crippen LogP contribution is 2.25. The van der Waals surface area contributed by atoms with Gasteiger partial charge < -0.3 is 10.2 Å². The molecule has 1 amide bonds. The number of amides is 1. The lowest BCUT2D eigenvalue weighted by atomic mass is 9.88. The smallest absolute Gasteiger partial charge is 0.254 e. The van der Waals surface area contributed by atoms with E-state index < -0.39 is 11.6 Å². The van der Waals surface area contributed by atoms with E-state index >= 15 is 0 Å². The quantitative estimate of drug-likeness (QED) is 0.904. The number of benzene rings is 1. The fourth-order valence-corrected chi connectivity index (χ4v) is 2.57. The number of rotatable bonds is 2. The molecule has 2 unspecified atom stereocenters. The number of halogens is 2. The van der Waals surface area contributed by atoms with Crippen LogP contribution in [0, 0.1) is 23.5 Å². The third-order valence-electron chi connectivity index (χ3n) is 4.16. The molecule has 1 saturated heterocycles. The molecule has 2 atom stereocenters. The summed E-state index contributed by atoms with van der Waals surface area (Å²) in [5.41, 5.74) is -0.136. The van der Waals surface area contributed by atoms with Crippen LogP contribution >= 0.6 is 0 Å². The molecule has 0 bridgehead atoms. The number of hydrogen-bond donors (Lipinski definition) is 1. The van der Waals surface area contributed by atoms with Crippen LogP contribution in [-0.2, 0) is 0 Å². The zero-order valence-electron chi connectivity index (χ0n) is 12.0. The van der Waals surface area contributed by atoms with E-state index in [9.17, 15) is 13.6 Å². The highest BCUT2D eigenvalue weighted by atomic mass is 19.1.